The maximum Gasteiger partial charge on any atom is 0.354 e. The SMILES string of the molecule is Cc1cc(C(=O)O)ncc1C#Cc1cc(F)ccc1NS(=O)(=O)c1c(C)ccc2cccnc12. The van der Waals surface area contributed by atoms with Gasteiger partial charge in [0, 0.05) is 23.3 Å². The van der Waals surface area contributed by atoms with Crippen LogP contribution in [0.25, 0.3) is 10.9 Å². The van der Waals surface area contributed by atoms with Crippen molar-refractivity contribution in [1.29, 1.82) is 0 Å². The lowest BCUT2D eigenvalue weighted by Gasteiger charge is -2.13. The van der Waals surface area contributed by atoms with Crippen LogP contribution in [0.3, 0.4) is 0 Å². The third-order valence-corrected chi connectivity index (χ3v) is 6.62. The quantitative estimate of drug-likeness (QED) is 0.427. The number of rotatable bonds is 4. The number of hydrogen-bond donors (Lipinski definition) is 2. The van der Waals surface area contributed by atoms with E-state index in [4.69, 9.17) is 5.11 Å². The number of carboxylic acids is 1. The zero-order chi connectivity index (χ0) is 24.5. The fourth-order valence-corrected chi connectivity index (χ4v) is 4.89. The Balaban J connectivity index is 1.76. The van der Waals surface area contributed by atoms with Gasteiger partial charge in [0.15, 0.2) is 0 Å². The number of halogens is 1. The normalized spacial score (nSPS) is 11.0. The lowest BCUT2D eigenvalue weighted by Crippen LogP contribution is -2.16. The van der Waals surface area contributed by atoms with Gasteiger partial charge in [0.05, 0.1) is 16.8 Å². The van der Waals surface area contributed by atoms with Crippen LogP contribution in [0.1, 0.15) is 32.7 Å². The molecule has 0 radical (unpaired) electrons. The van der Waals surface area contributed by atoms with Crippen LogP contribution in [0.4, 0.5) is 10.1 Å². The number of aryl methyl sites for hydroxylation is 2. The predicted octanol–water partition coefficient (Wildman–Crippen LogP) is 4.28. The van der Waals surface area contributed by atoms with E-state index in [1.165, 1.54) is 24.5 Å². The van der Waals surface area contributed by atoms with Crippen LogP contribution < -0.4 is 4.72 Å². The minimum atomic E-state index is -4.09. The molecule has 0 spiro atoms. The van der Waals surface area contributed by atoms with Crippen molar-refractivity contribution in [2.45, 2.75) is 18.7 Å². The monoisotopic (exact) mass is 475 g/mol. The van der Waals surface area contributed by atoms with Gasteiger partial charge in [-0.2, -0.15) is 0 Å². The zero-order valence-electron chi connectivity index (χ0n) is 18.1. The number of aromatic nitrogens is 2. The summed E-state index contributed by atoms with van der Waals surface area (Å²) in [4.78, 5) is 19.2. The Bertz CT molecular complexity index is 1620. The van der Waals surface area contributed by atoms with Crippen molar-refractivity contribution in [3.8, 4) is 11.8 Å². The van der Waals surface area contributed by atoms with Crippen molar-refractivity contribution in [2.75, 3.05) is 4.72 Å². The molecule has 9 heteroatoms. The van der Waals surface area contributed by atoms with Gasteiger partial charge in [-0.15, -0.1) is 0 Å². The van der Waals surface area contributed by atoms with E-state index >= 15 is 0 Å². The number of benzene rings is 2. The molecule has 0 amide bonds. The second kappa shape index (κ2) is 8.92. The van der Waals surface area contributed by atoms with Crippen molar-refractivity contribution in [3.63, 3.8) is 0 Å². The van der Waals surface area contributed by atoms with Gasteiger partial charge in [0.2, 0.25) is 0 Å². The third kappa shape index (κ3) is 4.58. The number of sulfonamides is 1. The summed E-state index contributed by atoms with van der Waals surface area (Å²) in [6.07, 6.45) is 2.82. The van der Waals surface area contributed by atoms with E-state index in [1.54, 1.807) is 38.1 Å². The number of pyridine rings is 2. The fourth-order valence-electron chi connectivity index (χ4n) is 3.40. The standard InChI is InChI=1S/C25H18FN3O4S/c1-15-5-6-17-4-3-11-27-23(17)24(15)34(32,33)29-21-10-9-20(26)13-18(21)7-8-19-14-28-22(25(30)31)12-16(19)2/h3-6,9-14,29H,1-2H3,(H,30,31). The highest BCUT2D eigenvalue weighted by atomic mass is 32.2. The van der Waals surface area contributed by atoms with Crippen LogP contribution in [-0.2, 0) is 10.0 Å². The first-order valence-corrected chi connectivity index (χ1v) is 11.5. The van der Waals surface area contributed by atoms with E-state index in [0.717, 1.165) is 12.1 Å². The molecule has 2 heterocycles. The van der Waals surface area contributed by atoms with Gasteiger partial charge in [-0.3, -0.25) is 9.71 Å². The Morgan fingerprint density at radius 1 is 1.00 bits per heavy atom. The van der Waals surface area contributed by atoms with E-state index in [1.807, 2.05) is 0 Å². The van der Waals surface area contributed by atoms with Crippen molar-refractivity contribution in [1.82, 2.24) is 9.97 Å². The first-order chi connectivity index (χ1) is 16.2. The molecule has 0 bridgehead atoms. The van der Waals surface area contributed by atoms with Crippen molar-refractivity contribution >= 4 is 32.6 Å². The largest absolute Gasteiger partial charge is 0.477 e. The van der Waals surface area contributed by atoms with Crippen LogP contribution in [0.2, 0.25) is 0 Å². The van der Waals surface area contributed by atoms with Crippen LogP contribution >= 0.6 is 0 Å². The van der Waals surface area contributed by atoms with Crippen LogP contribution in [0, 0.1) is 31.5 Å². The minimum absolute atomic E-state index is 0.0261. The number of aromatic carboxylic acids is 1. The van der Waals surface area contributed by atoms with Gasteiger partial charge in [-0.05, 0) is 55.3 Å². The third-order valence-electron chi connectivity index (χ3n) is 5.08. The van der Waals surface area contributed by atoms with Crippen molar-refractivity contribution in [3.05, 3.63) is 94.7 Å². The lowest BCUT2D eigenvalue weighted by molar-refractivity contribution is 0.0690. The fraction of sp³-hybridized carbons (Fsp3) is 0.0800. The Morgan fingerprint density at radius 3 is 2.50 bits per heavy atom. The summed E-state index contributed by atoms with van der Waals surface area (Å²) in [6, 6.07) is 11.9. The summed E-state index contributed by atoms with van der Waals surface area (Å²) in [7, 11) is -4.09. The van der Waals surface area contributed by atoms with E-state index in [-0.39, 0.29) is 21.8 Å². The highest BCUT2D eigenvalue weighted by Gasteiger charge is 2.22. The average molecular weight is 476 g/mol. The molecule has 4 rings (SSSR count). The highest BCUT2D eigenvalue weighted by molar-refractivity contribution is 7.93. The molecule has 0 unspecified atom stereocenters. The predicted molar refractivity (Wildman–Crippen MR) is 126 cm³/mol. The maximum atomic E-state index is 14.0. The van der Waals surface area contributed by atoms with Gasteiger partial charge < -0.3 is 5.11 Å². The summed E-state index contributed by atoms with van der Waals surface area (Å²) in [6.45, 7) is 3.34. The second-order valence-corrected chi connectivity index (χ2v) is 9.14. The molecule has 170 valence electrons. The Morgan fingerprint density at radius 2 is 1.76 bits per heavy atom. The van der Waals surface area contributed by atoms with Gasteiger partial charge in [-0.25, -0.2) is 22.6 Å². The summed E-state index contributed by atoms with van der Waals surface area (Å²) < 4.78 is 43.2. The first kappa shape index (κ1) is 22.9. The Kier molecular flexibility index (Phi) is 6.01. The van der Waals surface area contributed by atoms with Crippen LogP contribution in [0.15, 0.2) is 65.8 Å². The molecule has 0 saturated carbocycles. The molecular weight excluding hydrogens is 457 g/mol. The second-order valence-electron chi connectivity index (χ2n) is 7.52. The number of fused-ring (bicyclic) bond motifs is 1. The number of hydrogen-bond acceptors (Lipinski definition) is 5. The number of nitrogens with one attached hydrogen (secondary N) is 1. The van der Waals surface area contributed by atoms with Crippen LogP contribution in [0.5, 0.6) is 0 Å². The number of carboxylic acid groups (broad SMARTS) is 1. The van der Waals surface area contributed by atoms with Gasteiger partial charge in [-0.1, -0.05) is 30.0 Å². The lowest BCUT2D eigenvalue weighted by atomic mass is 10.1. The zero-order valence-corrected chi connectivity index (χ0v) is 18.9. The first-order valence-electron chi connectivity index (χ1n) is 10.0. The molecule has 0 aliphatic heterocycles. The molecule has 0 aliphatic rings. The topological polar surface area (TPSA) is 109 Å². The average Bonchev–Trinajstić information content (AvgIpc) is 2.79. The number of carbonyl (C=O) groups is 1. The number of anilines is 1. The molecule has 0 aliphatic carbocycles. The van der Waals surface area contributed by atoms with E-state index in [9.17, 15) is 17.6 Å². The van der Waals surface area contributed by atoms with Crippen molar-refractivity contribution in [2.24, 2.45) is 0 Å². The molecule has 0 saturated heterocycles. The molecule has 2 aromatic carbocycles. The van der Waals surface area contributed by atoms with E-state index in [2.05, 4.69) is 26.5 Å². The molecule has 34 heavy (non-hydrogen) atoms. The maximum absolute atomic E-state index is 14.0. The van der Waals surface area contributed by atoms with E-state index < -0.39 is 21.8 Å². The smallest absolute Gasteiger partial charge is 0.354 e. The minimum Gasteiger partial charge on any atom is -0.477 e. The Hall–Kier alpha value is -4.29. The molecule has 2 aromatic heterocycles. The summed E-state index contributed by atoms with van der Waals surface area (Å²) in [5, 5.41) is 9.72. The summed E-state index contributed by atoms with van der Waals surface area (Å²) >= 11 is 0. The molecule has 0 atom stereocenters. The molecular formula is C25H18FN3O4S. The molecule has 4 aromatic rings. The van der Waals surface area contributed by atoms with Crippen LogP contribution in [-0.4, -0.2) is 29.5 Å². The molecule has 0 fully saturated rings. The van der Waals surface area contributed by atoms with Crippen molar-refractivity contribution < 1.29 is 22.7 Å². The summed E-state index contributed by atoms with van der Waals surface area (Å²) in [5.74, 6) is 3.82. The van der Waals surface area contributed by atoms with Gasteiger partial charge in [0.25, 0.3) is 10.0 Å². The molecule has 7 nitrogen and oxygen atoms in total. The highest BCUT2D eigenvalue weighted by Crippen LogP contribution is 2.28. The van der Waals surface area contributed by atoms with Gasteiger partial charge in [0.1, 0.15) is 16.4 Å². The Labute approximate surface area is 195 Å². The van der Waals surface area contributed by atoms with E-state index in [0.29, 0.717) is 27.6 Å². The summed E-state index contributed by atoms with van der Waals surface area (Å²) in [5.41, 5.74) is 1.90. The number of nitrogens with zero attached hydrogens (tertiary/aromatic N) is 2. The van der Waals surface area contributed by atoms with Gasteiger partial charge >= 0.3 is 5.97 Å². The molecule has 2 N–H and O–H groups in total.